The lowest BCUT2D eigenvalue weighted by Gasteiger charge is -2.27. The Bertz CT molecular complexity index is 1770. The van der Waals surface area contributed by atoms with Crippen molar-refractivity contribution in [2.45, 2.75) is 70.8 Å². The van der Waals surface area contributed by atoms with Crippen LogP contribution in [-0.2, 0) is 54.1 Å². The molecule has 0 saturated heterocycles. The van der Waals surface area contributed by atoms with Crippen molar-refractivity contribution in [2.24, 2.45) is 0 Å². The van der Waals surface area contributed by atoms with Crippen LogP contribution in [0, 0.1) is 0 Å². The van der Waals surface area contributed by atoms with Crippen molar-refractivity contribution in [2.75, 3.05) is 43.7 Å². The van der Waals surface area contributed by atoms with Gasteiger partial charge in [-0.3, -0.25) is 0 Å². The number of esters is 1. The van der Waals surface area contributed by atoms with Gasteiger partial charge >= 0.3 is 5.97 Å². The Morgan fingerprint density at radius 1 is 0.843 bits per heavy atom. The van der Waals surface area contributed by atoms with Gasteiger partial charge in [-0.1, -0.05) is 56.4 Å². The fourth-order valence-corrected chi connectivity index (χ4v) is 7.72. The Kier molecular flexibility index (Phi) is 14.4. The van der Waals surface area contributed by atoms with Crippen molar-refractivity contribution >= 4 is 45.2 Å². The van der Waals surface area contributed by atoms with E-state index in [0.717, 1.165) is 53.3 Å². The third-order valence-corrected chi connectivity index (χ3v) is 10.7. The molecule has 10 nitrogen and oxygen atoms in total. The van der Waals surface area contributed by atoms with Gasteiger partial charge in [0, 0.05) is 59.0 Å². The number of ether oxygens (including phenoxy) is 1. The molecule has 2 unspecified atom stereocenters. The van der Waals surface area contributed by atoms with Crippen LogP contribution >= 0.6 is 0 Å². The molecule has 0 bridgehead atoms. The van der Waals surface area contributed by atoms with Gasteiger partial charge in [0.05, 0.1) is 25.2 Å². The number of nitrogens with zero attached hydrogens (tertiary/aromatic N) is 2. The molecule has 276 valence electrons. The van der Waals surface area contributed by atoms with Gasteiger partial charge in [-0.05, 0) is 68.5 Å². The van der Waals surface area contributed by atoms with Gasteiger partial charge in [0.15, 0.2) is 27.9 Å². The van der Waals surface area contributed by atoms with E-state index in [1.54, 1.807) is 6.07 Å². The highest BCUT2D eigenvalue weighted by Gasteiger charge is 2.44. The molecule has 2 aliphatic heterocycles. The third kappa shape index (κ3) is 9.88. The topological polar surface area (TPSA) is 126 Å². The Morgan fingerprint density at radius 2 is 1.53 bits per heavy atom. The van der Waals surface area contributed by atoms with Gasteiger partial charge in [-0.15, -0.1) is 0 Å². The molecular weight excluding hydrogens is 689 g/mol. The van der Waals surface area contributed by atoms with Crippen molar-refractivity contribution in [1.29, 1.82) is 0 Å². The van der Waals surface area contributed by atoms with Crippen LogP contribution in [0.5, 0.6) is 0 Å². The Hall–Kier alpha value is -3.52. The Labute approximate surface area is 307 Å². The Balaban J connectivity index is 1.56. The standard InChI is InChI=1S/C39H50N2O8S2/c1-38(2)31-26-29(28-49-48-6)18-20-33(31)40(22-12-14-24-50(43)44)35(38)16-10-8-7-9-11-17-36-39(3,4)32-27-30(37(42)47-5)19-21-34(32)41(36)23-13-15-25-51(45)46/h7-11,16-21,26-27H,12-15,22-25,28H2,1-6H3,(H-,43,44,45,46)/p+1. The van der Waals surface area contributed by atoms with E-state index in [2.05, 4.69) is 61.5 Å². The first-order valence-electron chi connectivity index (χ1n) is 17.1. The third-order valence-electron chi connectivity index (χ3n) is 9.47. The molecule has 0 amide bonds. The van der Waals surface area contributed by atoms with Crippen molar-refractivity contribution in [1.82, 2.24) is 0 Å². The van der Waals surface area contributed by atoms with Gasteiger partial charge < -0.3 is 18.7 Å². The van der Waals surface area contributed by atoms with E-state index in [1.807, 2.05) is 48.6 Å². The number of unbranched alkanes of at least 4 members (excludes halogenated alkanes) is 2. The van der Waals surface area contributed by atoms with Crippen LogP contribution in [0.2, 0.25) is 0 Å². The monoisotopic (exact) mass is 739 g/mol. The van der Waals surface area contributed by atoms with E-state index in [4.69, 9.17) is 14.5 Å². The highest BCUT2D eigenvalue weighted by Crippen LogP contribution is 2.48. The fourth-order valence-electron chi connectivity index (χ4n) is 6.82. The minimum atomic E-state index is -1.82. The zero-order valence-corrected chi connectivity index (χ0v) is 32.1. The summed E-state index contributed by atoms with van der Waals surface area (Å²) >= 11 is -3.62. The number of carbonyl (C=O) groups is 1. The summed E-state index contributed by atoms with van der Waals surface area (Å²) in [5, 5.41) is 0. The van der Waals surface area contributed by atoms with Crippen molar-refractivity contribution in [3.05, 3.63) is 107 Å². The van der Waals surface area contributed by atoms with E-state index in [-0.39, 0.29) is 22.9 Å². The van der Waals surface area contributed by atoms with Gasteiger partial charge in [0.25, 0.3) is 0 Å². The average molecular weight is 740 g/mol. The summed E-state index contributed by atoms with van der Waals surface area (Å²) in [6.45, 7) is 10.4. The van der Waals surface area contributed by atoms with Crippen molar-refractivity contribution in [3.8, 4) is 0 Å². The second-order valence-corrected chi connectivity index (χ2v) is 15.7. The number of carbonyl (C=O) groups excluding carboxylic acids is 1. The largest absolute Gasteiger partial charge is 0.465 e. The number of methoxy groups -OCH3 is 1. The van der Waals surface area contributed by atoms with Crippen LogP contribution in [-0.4, -0.2) is 72.6 Å². The molecule has 0 aromatic heterocycles. The number of allylic oxidation sites excluding steroid dienone is 8. The molecular formula is C39H51N2O8S2+. The summed E-state index contributed by atoms with van der Waals surface area (Å²) in [7, 11) is 2.87. The van der Waals surface area contributed by atoms with Gasteiger partial charge in [0.2, 0.25) is 5.69 Å². The van der Waals surface area contributed by atoms with Crippen LogP contribution in [0.1, 0.15) is 80.4 Å². The van der Waals surface area contributed by atoms with Crippen LogP contribution < -0.4 is 4.90 Å². The van der Waals surface area contributed by atoms with E-state index >= 15 is 0 Å². The predicted octanol–water partition coefficient (Wildman–Crippen LogP) is 7.28. The molecule has 0 fully saturated rings. The summed E-state index contributed by atoms with van der Waals surface area (Å²) < 4.78 is 48.2. The van der Waals surface area contributed by atoms with Crippen LogP contribution in [0.4, 0.5) is 11.4 Å². The summed E-state index contributed by atoms with van der Waals surface area (Å²) in [6.07, 6.45) is 17.0. The number of hydrogen-bond acceptors (Lipinski definition) is 7. The zero-order valence-electron chi connectivity index (χ0n) is 30.4. The highest BCUT2D eigenvalue weighted by molar-refractivity contribution is 7.79. The fraction of sp³-hybridized carbons (Fsp3) is 0.436. The van der Waals surface area contributed by atoms with Gasteiger partial charge in [0.1, 0.15) is 13.2 Å². The molecule has 12 heteroatoms. The number of fused-ring (bicyclic) bond motifs is 2. The van der Waals surface area contributed by atoms with E-state index in [0.29, 0.717) is 31.6 Å². The second-order valence-electron chi connectivity index (χ2n) is 13.6. The maximum atomic E-state index is 12.3. The van der Waals surface area contributed by atoms with Crippen LogP contribution in [0.3, 0.4) is 0 Å². The van der Waals surface area contributed by atoms with E-state index < -0.39 is 27.6 Å². The highest BCUT2D eigenvalue weighted by atomic mass is 32.2. The second kappa shape index (κ2) is 18.3. The lowest BCUT2D eigenvalue weighted by Crippen LogP contribution is -2.28. The molecule has 2 aliphatic rings. The van der Waals surface area contributed by atoms with Crippen molar-refractivity contribution < 1.29 is 41.4 Å². The normalized spacial score (nSPS) is 18.4. The van der Waals surface area contributed by atoms with Crippen LogP contribution in [0.15, 0.2) is 84.6 Å². The lowest BCUT2D eigenvalue weighted by molar-refractivity contribution is -0.438. The molecule has 4 rings (SSSR count). The molecule has 2 aromatic rings. The molecule has 2 N–H and O–H groups in total. The van der Waals surface area contributed by atoms with E-state index in [1.165, 1.54) is 19.8 Å². The molecule has 0 saturated carbocycles. The smallest absolute Gasteiger partial charge is 0.337 e. The number of benzene rings is 2. The number of hydrogen-bond donors (Lipinski definition) is 2. The van der Waals surface area contributed by atoms with Gasteiger partial charge in [-0.2, -0.15) is 4.58 Å². The van der Waals surface area contributed by atoms with Gasteiger partial charge in [-0.25, -0.2) is 23.0 Å². The molecule has 2 heterocycles. The SMILES string of the molecule is COOCc1ccc2c(c1)C(C)(C)C(=CC=CC=CC=CC1=[N+](CCCCS(=O)O)c3ccc(C(=O)OC)cc3C1(C)C)N2CCCCS(=O)O. The molecule has 0 aliphatic carbocycles. The number of anilines is 1. The molecule has 0 radical (unpaired) electrons. The summed E-state index contributed by atoms with van der Waals surface area (Å²) in [5.74, 6) is 0.113. The first kappa shape index (κ1) is 40.3. The molecule has 0 spiro atoms. The minimum absolute atomic E-state index is 0.235. The van der Waals surface area contributed by atoms with E-state index in [9.17, 15) is 22.3 Å². The average Bonchev–Trinajstić information content (AvgIpc) is 3.43. The van der Waals surface area contributed by atoms with Crippen molar-refractivity contribution in [3.63, 3.8) is 0 Å². The maximum absolute atomic E-state index is 12.3. The predicted molar refractivity (Wildman–Crippen MR) is 204 cm³/mol. The quantitative estimate of drug-likeness (QED) is 0.0309. The first-order chi connectivity index (χ1) is 24.3. The molecule has 2 atom stereocenters. The summed E-state index contributed by atoms with van der Waals surface area (Å²) in [5.41, 5.74) is 7.40. The lowest BCUT2D eigenvalue weighted by atomic mass is 9.81. The zero-order chi connectivity index (χ0) is 37.2. The summed E-state index contributed by atoms with van der Waals surface area (Å²) in [4.78, 5) is 24.6. The first-order valence-corrected chi connectivity index (χ1v) is 19.7. The summed E-state index contributed by atoms with van der Waals surface area (Å²) in [6, 6.07) is 11.9. The molecule has 51 heavy (non-hydrogen) atoms. The van der Waals surface area contributed by atoms with Crippen LogP contribution in [0.25, 0.3) is 0 Å². The maximum Gasteiger partial charge on any atom is 0.337 e. The molecule has 2 aromatic carbocycles. The number of rotatable bonds is 18. The minimum Gasteiger partial charge on any atom is -0.465 e. The Morgan fingerprint density at radius 3 is 2.22 bits per heavy atom.